The Morgan fingerprint density at radius 3 is 2.57 bits per heavy atom. The third kappa shape index (κ3) is 5.14. The van der Waals surface area contributed by atoms with E-state index in [-0.39, 0.29) is 0 Å². The van der Waals surface area contributed by atoms with E-state index in [9.17, 15) is 5.11 Å². The molecular formula is C17H20BrNO2. The highest BCUT2D eigenvalue weighted by molar-refractivity contribution is 9.10. The molecule has 0 bridgehead atoms. The van der Waals surface area contributed by atoms with Crippen molar-refractivity contribution in [2.24, 2.45) is 0 Å². The average Bonchev–Trinajstić information content (AvgIpc) is 2.50. The SMILES string of the molecule is CCCCOc1ccc(C(O)Cc2ccc(Br)cn2)cc1. The van der Waals surface area contributed by atoms with Crippen molar-refractivity contribution in [2.75, 3.05) is 6.61 Å². The molecule has 0 aliphatic carbocycles. The lowest BCUT2D eigenvalue weighted by Crippen LogP contribution is -2.03. The van der Waals surface area contributed by atoms with E-state index in [0.717, 1.165) is 40.9 Å². The van der Waals surface area contributed by atoms with Gasteiger partial charge in [0.15, 0.2) is 0 Å². The van der Waals surface area contributed by atoms with Crippen molar-refractivity contribution in [1.82, 2.24) is 4.98 Å². The van der Waals surface area contributed by atoms with E-state index in [2.05, 4.69) is 27.8 Å². The van der Waals surface area contributed by atoms with Gasteiger partial charge in [0.25, 0.3) is 0 Å². The van der Waals surface area contributed by atoms with Gasteiger partial charge >= 0.3 is 0 Å². The van der Waals surface area contributed by atoms with Crippen molar-refractivity contribution in [2.45, 2.75) is 32.3 Å². The summed E-state index contributed by atoms with van der Waals surface area (Å²) in [6, 6.07) is 11.5. The topological polar surface area (TPSA) is 42.4 Å². The molecule has 0 saturated heterocycles. The van der Waals surface area contributed by atoms with Gasteiger partial charge in [-0.05, 0) is 52.2 Å². The van der Waals surface area contributed by atoms with E-state index < -0.39 is 6.10 Å². The zero-order valence-electron chi connectivity index (χ0n) is 12.1. The molecule has 0 spiro atoms. The maximum atomic E-state index is 10.3. The highest BCUT2D eigenvalue weighted by Crippen LogP contribution is 2.21. The van der Waals surface area contributed by atoms with Gasteiger partial charge in [-0.1, -0.05) is 25.5 Å². The van der Waals surface area contributed by atoms with Gasteiger partial charge in [0.2, 0.25) is 0 Å². The molecule has 0 amide bonds. The van der Waals surface area contributed by atoms with E-state index in [1.54, 1.807) is 6.20 Å². The summed E-state index contributed by atoms with van der Waals surface area (Å²) in [6.45, 7) is 2.88. The molecule has 1 heterocycles. The van der Waals surface area contributed by atoms with Gasteiger partial charge in [-0.15, -0.1) is 0 Å². The van der Waals surface area contributed by atoms with Crippen molar-refractivity contribution in [3.63, 3.8) is 0 Å². The molecule has 0 aliphatic rings. The number of unbranched alkanes of at least 4 members (excludes halogenated alkanes) is 1. The molecule has 0 fully saturated rings. The largest absolute Gasteiger partial charge is 0.494 e. The zero-order valence-corrected chi connectivity index (χ0v) is 13.7. The Balaban J connectivity index is 1.93. The summed E-state index contributed by atoms with van der Waals surface area (Å²) in [7, 11) is 0. The van der Waals surface area contributed by atoms with Crippen LogP contribution in [0.2, 0.25) is 0 Å². The molecule has 1 atom stereocenters. The van der Waals surface area contributed by atoms with Crippen molar-refractivity contribution < 1.29 is 9.84 Å². The monoisotopic (exact) mass is 349 g/mol. The van der Waals surface area contributed by atoms with Crippen LogP contribution in [0.1, 0.15) is 37.1 Å². The predicted octanol–water partition coefficient (Wildman–Crippen LogP) is 4.30. The van der Waals surface area contributed by atoms with Crippen LogP contribution >= 0.6 is 15.9 Å². The predicted molar refractivity (Wildman–Crippen MR) is 87.4 cm³/mol. The van der Waals surface area contributed by atoms with Crippen LogP contribution in [0.5, 0.6) is 5.75 Å². The van der Waals surface area contributed by atoms with Gasteiger partial charge < -0.3 is 9.84 Å². The lowest BCUT2D eigenvalue weighted by Gasteiger charge is -2.12. The number of ether oxygens (including phenoxy) is 1. The fourth-order valence-electron chi connectivity index (χ4n) is 1.96. The zero-order chi connectivity index (χ0) is 15.1. The summed E-state index contributed by atoms with van der Waals surface area (Å²) in [5, 5.41) is 10.3. The van der Waals surface area contributed by atoms with Gasteiger partial charge in [0, 0.05) is 22.8 Å². The first-order chi connectivity index (χ1) is 10.2. The molecule has 21 heavy (non-hydrogen) atoms. The molecule has 0 aliphatic heterocycles. The Bertz CT molecular complexity index is 540. The highest BCUT2D eigenvalue weighted by Gasteiger charge is 2.09. The number of aromatic nitrogens is 1. The standard InChI is InChI=1S/C17H20BrNO2/c1-2-3-10-21-16-8-4-13(5-9-16)17(20)11-15-7-6-14(18)12-19-15/h4-9,12,17,20H,2-3,10-11H2,1H3. The minimum atomic E-state index is -0.552. The van der Waals surface area contributed by atoms with E-state index in [1.165, 1.54) is 0 Å². The smallest absolute Gasteiger partial charge is 0.119 e. The fraction of sp³-hybridized carbons (Fsp3) is 0.353. The summed E-state index contributed by atoms with van der Waals surface area (Å²) >= 11 is 3.35. The highest BCUT2D eigenvalue weighted by atomic mass is 79.9. The number of rotatable bonds is 7. The number of aliphatic hydroxyl groups excluding tert-OH is 1. The molecule has 2 rings (SSSR count). The van der Waals surface area contributed by atoms with Crippen molar-refractivity contribution in [1.29, 1.82) is 0 Å². The van der Waals surface area contributed by atoms with Gasteiger partial charge in [-0.3, -0.25) is 4.98 Å². The van der Waals surface area contributed by atoms with Crippen LogP contribution in [0.4, 0.5) is 0 Å². The molecule has 1 aromatic carbocycles. The lowest BCUT2D eigenvalue weighted by atomic mass is 10.0. The third-order valence-corrected chi connectivity index (χ3v) is 3.69. The summed E-state index contributed by atoms with van der Waals surface area (Å²) in [5.41, 5.74) is 1.75. The second-order valence-electron chi connectivity index (χ2n) is 4.96. The van der Waals surface area contributed by atoms with Gasteiger partial charge in [0.05, 0.1) is 12.7 Å². The molecule has 0 saturated carbocycles. The summed E-state index contributed by atoms with van der Waals surface area (Å²) in [5.74, 6) is 0.848. The van der Waals surface area contributed by atoms with Crippen LogP contribution in [-0.4, -0.2) is 16.7 Å². The number of hydrogen-bond acceptors (Lipinski definition) is 3. The Morgan fingerprint density at radius 2 is 1.95 bits per heavy atom. The second-order valence-corrected chi connectivity index (χ2v) is 5.87. The number of hydrogen-bond donors (Lipinski definition) is 1. The molecule has 0 radical (unpaired) electrons. The third-order valence-electron chi connectivity index (χ3n) is 3.22. The molecule has 1 N–H and O–H groups in total. The molecule has 2 aromatic rings. The molecule has 112 valence electrons. The van der Waals surface area contributed by atoms with Crippen LogP contribution in [0.15, 0.2) is 47.1 Å². The first-order valence-electron chi connectivity index (χ1n) is 7.20. The molecular weight excluding hydrogens is 330 g/mol. The molecule has 3 nitrogen and oxygen atoms in total. The second kappa shape index (κ2) is 8.15. The molecule has 4 heteroatoms. The van der Waals surface area contributed by atoms with Crippen LogP contribution < -0.4 is 4.74 Å². The van der Waals surface area contributed by atoms with Crippen molar-refractivity contribution in [3.05, 3.63) is 58.3 Å². The van der Waals surface area contributed by atoms with E-state index in [0.29, 0.717) is 6.42 Å². The summed E-state index contributed by atoms with van der Waals surface area (Å²) in [6.07, 6.45) is 3.87. The Hall–Kier alpha value is -1.39. The molecule has 1 aromatic heterocycles. The van der Waals surface area contributed by atoms with Crippen LogP contribution in [0, 0.1) is 0 Å². The van der Waals surface area contributed by atoms with Crippen LogP contribution in [0.25, 0.3) is 0 Å². The van der Waals surface area contributed by atoms with Gasteiger partial charge in [0.1, 0.15) is 5.75 Å². The minimum Gasteiger partial charge on any atom is -0.494 e. The normalized spacial score (nSPS) is 12.1. The van der Waals surface area contributed by atoms with Crippen molar-refractivity contribution >= 4 is 15.9 Å². The quantitative estimate of drug-likeness (QED) is 0.757. The Kier molecular flexibility index (Phi) is 6.21. The first kappa shape index (κ1) is 16.0. The summed E-state index contributed by atoms with van der Waals surface area (Å²) in [4.78, 5) is 4.28. The maximum absolute atomic E-state index is 10.3. The fourth-order valence-corrected chi connectivity index (χ4v) is 2.20. The molecule has 1 unspecified atom stereocenters. The van der Waals surface area contributed by atoms with Crippen LogP contribution in [0.3, 0.4) is 0 Å². The lowest BCUT2D eigenvalue weighted by molar-refractivity contribution is 0.177. The average molecular weight is 350 g/mol. The summed E-state index contributed by atoms with van der Waals surface area (Å²) < 4.78 is 6.55. The Labute approximate surface area is 134 Å². The van der Waals surface area contributed by atoms with E-state index >= 15 is 0 Å². The van der Waals surface area contributed by atoms with Crippen LogP contribution in [-0.2, 0) is 6.42 Å². The maximum Gasteiger partial charge on any atom is 0.119 e. The number of aliphatic hydroxyl groups is 1. The minimum absolute atomic E-state index is 0.503. The number of halogens is 1. The Morgan fingerprint density at radius 1 is 1.19 bits per heavy atom. The van der Waals surface area contributed by atoms with E-state index in [4.69, 9.17) is 4.74 Å². The van der Waals surface area contributed by atoms with Crippen molar-refractivity contribution in [3.8, 4) is 5.75 Å². The van der Waals surface area contributed by atoms with Gasteiger partial charge in [-0.25, -0.2) is 0 Å². The number of benzene rings is 1. The first-order valence-corrected chi connectivity index (χ1v) is 7.99. The van der Waals surface area contributed by atoms with E-state index in [1.807, 2.05) is 36.4 Å². The van der Waals surface area contributed by atoms with Gasteiger partial charge in [-0.2, -0.15) is 0 Å². The number of nitrogens with zero attached hydrogens (tertiary/aromatic N) is 1. The number of pyridine rings is 1.